The average Bonchev–Trinajstić information content (AvgIpc) is 2.58. The van der Waals surface area contributed by atoms with Crippen LogP contribution < -0.4 is 14.8 Å². The van der Waals surface area contributed by atoms with Gasteiger partial charge in [-0.05, 0) is 48.4 Å². The summed E-state index contributed by atoms with van der Waals surface area (Å²) in [6.07, 6.45) is 2.03. The Balaban J connectivity index is 1.89. The lowest BCUT2D eigenvalue weighted by Crippen LogP contribution is -2.22. The Morgan fingerprint density at radius 3 is 2.24 bits per heavy atom. The molecule has 25 heavy (non-hydrogen) atoms. The largest absolute Gasteiger partial charge is 0.494 e. The van der Waals surface area contributed by atoms with Crippen molar-refractivity contribution in [2.75, 3.05) is 17.6 Å². The van der Waals surface area contributed by atoms with Crippen LogP contribution in [0.15, 0.2) is 48.5 Å². The fourth-order valence-corrected chi connectivity index (χ4v) is 2.68. The second-order valence-electron chi connectivity index (χ2n) is 5.63. The van der Waals surface area contributed by atoms with E-state index in [-0.39, 0.29) is 5.91 Å². The predicted molar refractivity (Wildman–Crippen MR) is 98.3 cm³/mol. The first-order valence-corrected chi connectivity index (χ1v) is 9.84. The highest BCUT2D eigenvalue weighted by Crippen LogP contribution is 2.13. The van der Waals surface area contributed by atoms with Gasteiger partial charge in [-0.2, -0.15) is 0 Å². The smallest absolute Gasteiger partial charge is 0.251 e. The number of carbonyl (C=O) groups excluding carboxylic acids is 1. The third-order valence-electron chi connectivity index (χ3n) is 3.30. The summed E-state index contributed by atoms with van der Waals surface area (Å²) in [6, 6.07) is 13.8. The molecule has 0 saturated carbocycles. The van der Waals surface area contributed by atoms with Gasteiger partial charge >= 0.3 is 0 Å². The molecule has 0 heterocycles. The topological polar surface area (TPSA) is 84.5 Å². The number of carbonyl (C=O) groups is 1. The molecule has 2 N–H and O–H groups in total. The average molecular weight is 362 g/mol. The number of hydrogen-bond donors (Lipinski definition) is 2. The lowest BCUT2D eigenvalue weighted by molar-refractivity contribution is 0.0951. The Bertz CT molecular complexity index is 800. The Morgan fingerprint density at radius 1 is 1.04 bits per heavy atom. The van der Waals surface area contributed by atoms with Gasteiger partial charge in [0.05, 0.1) is 12.9 Å². The van der Waals surface area contributed by atoms with E-state index in [1.54, 1.807) is 24.3 Å². The SMILES string of the molecule is CCCOc1ccc(CNC(=O)c2ccc(NS(C)(=O)=O)cc2)cc1. The van der Waals surface area contributed by atoms with Crippen LogP contribution in [0.3, 0.4) is 0 Å². The van der Waals surface area contributed by atoms with Gasteiger partial charge in [0.25, 0.3) is 5.91 Å². The number of sulfonamides is 1. The monoisotopic (exact) mass is 362 g/mol. The maximum atomic E-state index is 12.1. The third kappa shape index (κ3) is 6.46. The molecular formula is C18H22N2O4S. The van der Waals surface area contributed by atoms with E-state index in [4.69, 9.17) is 4.74 Å². The summed E-state index contributed by atoms with van der Waals surface area (Å²) in [7, 11) is -3.33. The van der Waals surface area contributed by atoms with Gasteiger partial charge in [-0.15, -0.1) is 0 Å². The zero-order valence-corrected chi connectivity index (χ0v) is 15.1. The van der Waals surface area contributed by atoms with Gasteiger partial charge < -0.3 is 10.1 Å². The molecule has 134 valence electrons. The molecule has 7 heteroatoms. The number of ether oxygens (including phenoxy) is 1. The second-order valence-corrected chi connectivity index (χ2v) is 7.38. The van der Waals surface area contributed by atoms with Crippen LogP contribution in [0, 0.1) is 0 Å². The lowest BCUT2D eigenvalue weighted by atomic mass is 10.2. The van der Waals surface area contributed by atoms with E-state index in [2.05, 4.69) is 10.0 Å². The van der Waals surface area contributed by atoms with Crippen LogP contribution in [0.25, 0.3) is 0 Å². The molecule has 2 rings (SSSR count). The Hall–Kier alpha value is -2.54. The molecule has 0 aliphatic carbocycles. The highest BCUT2D eigenvalue weighted by Gasteiger charge is 2.07. The molecule has 0 spiro atoms. The zero-order valence-electron chi connectivity index (χ0n) is 14.3. The van der Waals surface area contributed by atoms with Crippen molar-refractivity contribution in [1.82, 2.24) is 5.32 Å². The Labute approximate surface area is 148 Å². The first kappa shape index (κ1) is 18.8. The van der Waals surface area contributed by atoms with Gasteiger partial charge in [0.1, 0.15) is 5.75 Å². The van der Waals surface area contributed by atoms with Crippen LogP contribution in [-0.2, 0) is 16.6 Å². The zero-order chi connectivity index (χ0) is 18.3. The van der Waals surface area contributed by atoms with E-state index in [0.717, 1.165) is 24.0 Å². The van der Waals surface area contributed by atoms with Crippen molar-refractivity contribution < 1.29 is 17.9 Å². The molecule has 2 aromatic rings. The van der Waals surface area contributed by atoms with Gasteiger partial charge in [-0.25, -0.2) is 8.42 Å². The molecule has 0 aliphatic rings. The molecule has 0 saturated heterocycles. The number of amides is 1. The minimum Gasteiger partial charge on any atom is -0.494 e. The van der Waals surface area contributed by atoms with E-state index in [1.165, 1.54) is 0 Å². The normalized spacial score (nSPS) is 11.0. The molecule has 0 aliphatic heterocycles. The maximum absolute atomic E-state index is 12.1. The second kappa shape index (κ2) is 8.53. The summed E-state index contributed by atoms with van der Waals surface area (Å²) in [4.78, 5) is 12.1. The van der Waals surface area contributed by atoms with Crippen LogP contribution in [-0.4, -0.2) is 27.2 Å². The van der Waals surface area contributed by atoms with Gasteiger partial charge in [0.2, 0.25) is 10.0 Å². The van der Waals surface area contributed by atoms with Crippen molar-refractivity contribution in [2.24, 2.45) is 0 Å². The van der Waals surface area contributed by atoms with Crippen LogP contribution in [0.5, 0.6) is 5.75 Å². The molecule has 1 amide bonds. The van der Waals surface area contributed by atoms with Crippen molar-refractivity contribution >= 4 is 21.6 Å². The fraction of sp³-hybridized carbons (Fsp3) is 0.278. The summed E-state index contributed by atoms with van der Waals surface area (Å²) >= 11 is 0. The summed E-state index contributed by atoms with van der Waals surface area (Å²) in [5, 5.41) is 2.83. The minimum atomic E-state index is -3.33. The number of anilines is 1. The molecule has 0 fully saturated rings. The van der Waals surface area contributed by atoms with E-state index in [0.29, 0.717) is 24.4 Å². The predicted octanol–water partition coefficient (Wildman–Crippen LogP) is 2.78. The standard InChI is InChI=1S/C18H22N2O4S/c1-3-12-24-17-10-4-14(5-11-17)13-19-18(21)15-6-8-16(9-7-15)20-25(2,22)23/h4-11,20H,3,12-13H2,1-2H3,(H,19,21). The molecule has 2 aromatic carbocycles. The van der Waals surface area contributed by atoms with Crippen LogP contribution in [0.2, 0.25) is 0 Å². The van der Waals surface area contributed by atoms with E-state index in [9.17, 15) is 13.2 Å². The van der Waals surface area contributed by atoms with Crippen molar-refractivity contribution in [3.8, 4) is 5.75 Å². The van der Waals surface area contributed by atoms with Gasteiger partial charge in [0, 0.05) is 17.8 Å². The Morgan fingerprint density at radius 2 is 1.68 bits per heavy atom. The first-order chi connectivity index (χ1) is 11.9. The highest BCUT2D eigenvalue weighted by atomic mass is 32.2. The van der Waals surface area contributed by atoms with Crippen molar-refractivity contribution in [3.63, 3.8) is 0 Å². The number of benzene rings is 2. The van der Waals surface area contributed by atoms with E-state index >= 15 is 0 Å². The molecular weight excluding hydrogens is 340 g/mol. The minimum absolute atomic E-state index is 0.225. The van der Waals surface area contributed by atoms with E-state index in [1.807, 2.05) is 31.2 Å². The number of hydrogen-bond acceptors (Lipinski definition) is 4. The Kier molecular flexibility index (Phi) is 6.41. The summed E-state index contributed by atoms with van der Waals surface area (Å²) in [6.45, 7) is 3.13. The van der Waals surface area contributed by atoms with Gasteiger partial charge in [-0.3, -0.25) is 9.52 Å². The first-order valence-electron chi connectivity index (χ1n) is 7.95. The van der Waals surface area contributed by atoms with Gasteiger partial charge in [0.15, 0.2) is 0 Å². The molecule has 0 unspecified atom stereocenters. The van der Waals surface area contributed by atoms with Crippen molar-refractivity contribution in [3.05, 3.63) is 59.7 Å². The number of nitrogens with one attached hydrogen (secondary N) is 2. The van der Waals surface area contributed by atoms with Crippen LogP contribution in [0.4, 0.5) is 5.69 Å². The van der Waals surface area contributed by atoms with Crippen LogP contribution >= 0.6 is 0 Å². The number of rotatable bonds is 8. The summed E-state index contributed by atoms with van der Waals surface area (Å²) in [5.41, 5.74) is 1.84. The van der Waals surface area contributed by atoms with Crippen molar-refractivity contribution in [1.29, 1.82) is 0 Å². The highest BCUT2D eigenvalue weighted by molar-refractivity contribution is 7.92. The molecule has 0 aromatic heterocycles. The molecule has 0 atom stereocenters. The molecule has 6 nitrogen and oxygen atoms in total. The quantitative estimate of drug-likeness (QED) is 0.756. The van der Waals surface area contributed by atoms with Crippen LogP contribution in [0.1, 0.15) is 29.3 Å². The lowest BCUT2D eigenvalue weighted by Gasteiger charge is -2.08. The maximum Gasteiger partial charge on any atom is 0.251 e. The molecule has 0 bridgehead atoms. The summed E-state index contributed by atoms with van der Waals surface area (Å²) in [5.74, 6) is 0.586. The van der Waals surface area contributed by atoms with E-state index < -0.39 is 10.0 Å². The molecule has 0 radical (unpaired) electrons. The third-order valence-corrected chi connectivity index (χ3v) is 3.91. The van der Waals surface area contributed by atoms with Crippen molar-refractivity contribution in [2.45, 2.75) is 19.9 Å². The fourth-order valence-electron chi connectivity index (χ4n) is 2.11. The van der Waals surface area contributed by atoms with Gasteiger partial charge in [-0.1, -0.05) is 19.1 Å². The summed E-state index contributed by atoms with van der Waals surface area (Å²) < 4.78 is 30.2.